The number of rotatable bonds is 5. The lowest BCUT2D eigenvalue weighted by Gasteiger charge is -2.08. The molecule has 2 aromatic carbocycles. The molecule has 4 nitrogen and oxygen atoms in total. The topological polar surface area (TPSA) is 46.9 Å². The summed E-state index contributed by atoms with van der Waals surface area (Å²) in [7, 11) is 0. The molecular formula is C18H16FN3OS3. The van der Waals surface area contributed by atoms with Crippen molar-refractivity contribution in [1.29, 1.82) is 0 Å². The minimum atomic E-state index is -0.312. The number of aromatic nitrogens is 2. The second kappa shape index (κ2) is 8.11. The summed E-state index contributed by atoms with van der Waals surface area (Å²) < 4.78 is 15.9. The molecule has 134 valence electrons. The highest BCUT2D eigenvalue weighted by Gasteiger charge is 2.10. The van der Waals surface area contributed by atoms with Crippen LogP contribution in [0.3, 0.4) is 0 Å². The Bertz CT molecular complexity index is 996. The summed E-state index contributed by atoms with van der Waals surface area (Å²) in [4.78, 5) is 12.2. The maximum Gasteiger partial charge on any atom is 0.234 e. The quantitative estimate of drug-likeness (QED) is 0.471. The fourth-order valence-corrected chi connectivity index (χ4v) is 4.49. The van der Waals surface area contributed by atoms with Gasteiger partial charge in [-0.25, -0.2) is 9.07 Å². The van der Waals surface area contributed by atoms with Crippen molar-refractivity contribution in [3.63, 3.8) is 0 Å². The lowest BCUT2D eigenvalue weighted by molar-refractivity contribution is -0.113. The number of nitrogens with zero attached hydrogens (tertiary/aromatic N) is 2. The first-order chi connectivity index (χ1) is 12.4. The van der Waals surface area contributed by atoms with Gasteiger partial charge in [0.1, 0.15) is 5.82 Å². The normalized spacial score (nSPS) is 10.7. The number of aryl methyl sites for hydroxylation is 2. The van der Waals surface area contributed by atoms with Crippen LogP contribution in [-0.2, 0) is 4.79 Å². The first-order valence-electron chi connectivity index (χ1n) is 7.78. The lowest BCUT2D eigenvalue weighted by atomic mass is 10.1. The molecule has 0 unspecified atom stereocenters. The third-order valence-electron chi connectivity index (χ3n) is 3.58. The number of thioether (sulfide) groups is 1. The van der Waals surface area contributed by atoms with Crippen LogP contribution in [-0.4, -0.2) is 21.4 Å². The zero-order valence-electron chi connectivity index (χ0n) is 14.2. The molecular weight excluding hydrogens is 389 g/mol. The van der Waals surface area contributed by atoms with E-state index in [9.17, 15) is 9.18 Å². The van der Waals surface area contributed by atoms with Gasteiger partial charge in [0.25, 0.3) is 0 Å². The fourth-order valence-electron chi connectivity index (χ4n) is 2.33. The molecule has 1 heterocycles. The lowest BCUT2D eigenvalue weighted by Crippen LogP contribution is -2.14. The van der Waals surface area contributed by atoms with Crippen molar-refractivity contribution < 1.29 is 9.18 Å². The van der Waals surface area contributed by atoms with Gasteiger partial charge in [-0.05, 0) is 62.0 Å². The van der Waals surface area contributed by atoms with Gasteiger partial charge < -0.3 is 5.32 Å². The van der Waals surface area contributed by atoms with Crippen LogP contribution in [0.4, 0.5) is 10.1 Å². The molecule has 0 atom stereocenters. The van der Waals surface area contributed by atoms with Crippen molar-refractivity contribution >= 4 is 46.9 Å². The number of hydrogen-bond acceptors (Lipinski definition) is 5. The summed E-state index contributed by atoms with van der Waals surface area (Å²) >= 11 is 7.96. The van der Waals surface area contributed by atoms with Gasteiger partial charge in [-0.1, -0.05) is 40.8 Å². The molecule has 1 N–H and O–H groups in total. The number of carbonyl (C=O) groups is 1. The maximum atomic E-state index is 13.0. The molecule has 0 aliphatic rings. The molecule has 0 bridgehead atoms. The first-order valence-corrected chi connectivity index (χ1v) is 9.99. The Kier molecular flexibility index (Phi) is 5.85. The minimum Gasteiger partial charge on any atom is -0.325 e. The Balaban J connectivity index is 1.64. The van der Waals surface area contributed by atoms with Gasteiger partial charge in [0, 0.05) is 5.69 Å². The molecule has 3 rings (SSSR count). The van der Waals surface area contributed by atoms with Crippen molar-refractivity contribution in [3.05, 3.63) is 63.4 Å². The highest BCUT2D eigenvalue weighted by atomic mass is 32.2. The van der Waals surface area contributed by atoms with Gasteiger partial charge in [0.2, 0.25) is 5.91 Å². The van der Waals surface area contributed by atoms with E-state index >= 15 is 0 Å². The number of carbonyl (C=O) groups excluding carboxylic acids is 1. The highest BCUT2D eigenvalue weighted by molar-refractivity contribution is 8.01. The van der Waals surface area contributed by atoms with E-state index in [0.717, 1.165) is 16.8 Å². The third-order valence-corrected chi connectivity index (χ3v) is 5.95. The number of hydrogen-bond donors (Lipinski definition) is 1. The SMILES string of the molecule is Cc1ccc(NC(=O)CSc2nn(-c3ccc(F)cc3)c(=S)s2)c(C)c1. The Morgan fingerprint density at radius 2 is 2.00 bits per heavy atom. The smallest absolute Gasteiger partial charge is 0.234 e. The Labute approximate surface area is 164 Å². The van der Waals surface area contributed by atoms with E-state index in [2.05, 4.69) is 10.4 Å². The van der Waals surface area contributed by atoms with Gasteiger partial charge in [-0.3, -0.25) is 4.79 Å². The van der Waals surface area contributed by atoms with Crippen LogP contribution >= 0.6 is 35.3 Å². The molecule has 3 aromatic rings. The van der Waals surface area contributed by atoms with E-state index in [1.54, 1.807) is 16.8 Å². The standard InChI is InChI=1S/C18H16FN3OS3/c1-11-3-8-15(12(2)9-11)20-16(23)10-25-17-21-22(18(24)26-17)14-6-4-13(19)5-7-14/h3-9H,10H2,1-2H3,(H,20,23). The summed E-state index contributed by atoms with van der Waals surface area (Å²) in [6.45, 7) is 3.98. The maximum absolute atomic E-state index is 13.0. The van der Waals surface area contributed by atoms with Gasteiger partial charge in [0.05, 0.1) is 11.4 Å². The minimum absolute atomic E-state index is 0.101. The summed E-state index contributed by atoms with van der Waals surface area (Å²) in [5.74, 6) is -0.177. The number of benzene rings is 2. The molecule has 0 aliphatic heterocycles. The second-order valence-corrected chi connectivity index (χ2v) is 8.52. The van der Waals surface area contributed by atoms with E-state index in [1.165, 1.54) is 35.2 Å². The summed E-state index contributed by atoms with van der Waals surface area (Å²) in [5, 5.41) is 7.32. The van der Waals surface area contributed by atoms with E-state index in [-0.39, 0.29) is 17.5 Å². The summed E-state index contributed by atoms with van der Waals surface area (Å²) in [6, 6.07) is 11.9. The van der Waals surface area contributed by atoms with E-state index in [0.29, 0.717) is 14.0 Å². The van der Waals surface area contributed by atoms with E-state index in [1.807, 2.05) is 32.0 Å². The van der Waals surface area contributed by atoms with Gasteiger partial charge in [0.15, 0.2) is 8.29 Å². The van der Waals surface area contributed by atoms with Gasteiger partial charge in [-0.2, -0.15) is 0 Å². The van der Waals surface area contributed by atoms with Crippen LogP contribution in [0.15, 0.2) is 46.8 Å². The molecule has 0 radical (unpaired) electrons. The van der Waals surface area contributed by atoms with Crippen molar-refractivity contribution in [2.24, 2.45) is 0 Å². The number of amides is 1. The Morgan fingerprint density at radius 3 is 2.69 bits per heavy atom. The zero-order valence-corrected chi connectivity index (χ0v) is 16.6. The van der Waals surface area contributed by atoms with Crippen LogP contribution in [0.25, 0.3) is 5.69 Å². The van der Waals surface area contributed by atoms with Crippen LogP contribution in [0.5, 0.6) is 0 Å². The van der Waals surface area contributed by atoms with E-state index < -0.39 is 0 Å². The average molecular weight is 406 g/mol. The number of halogens is 1. The molecule has 8 heteroatoms. The average Bonchev–Trinajstić information content (AvgIpc) is 2.97. The molecule has 0 aliphatic carbocycles. The van der Waals surface area contributed by atoms with Crippen molar-refractivity contribution in [2.45, 2.75) is 18.2 Å². The molecule has 1 aromatic heterocycles. The third kappa shape index (κ3) is 4.57. The van der Waals surface area contributed by atoms with Crippen LogP contribution in [0, 0.1) is 23.6 Å². The van der Waals surface area contributed by atoms with Crippen molar-refractivity contribution in [1.82, 2.24) is 9.78 Å². The van der Waals surface area contributed by atoms with Crippen molar-refractivity contribution in [3.8, 4) is 5.69 Å². The largest absolute Gasteiger partial charge is 0.325 e. The van der Waals surface area contributed by atoms with Gasteiger partial charge >= 0.3 is 0 Å². The second-order valence-electron chi connectivity index (χ2n) is 5.68. The van der Waals surface area contributed by atoms with Gasteiger partial charge in [-0.15, -0.1) is 5.10 Å². The highest BCUT2D eigenvalue weighted by Crippen LogP contribution is 2.25. The molecule has 0 fully saturated rings. The first kappa shape index (κ1) is 18.8. The monoisotopic (exact) mass is 405 g/mol. The van der Waals surface area contributed by atoms with Crippen LogP contribution in [0.1, 0.15) is 11.1 Å². The molecule has 0 saturated carbocycles. The number of nitrogens with one attached hydrogen (secondary N) is 1. The molecule has 1 amide bonds. The molecule has 0 saturated heterocycles. The Morgan fingerprint density at radius 1 is 1.27 bits per heavy atom. The van der Waals surface area contributed by atoms with E-state index in [4.69, 9.17) is 12.2 Å². The predicted octanol–water partition coefficient (Wildman–Crippen LogP) is 5.15. The predicted molar refractivity (Wildman–Crippen MR) is 108 cm³/mol. The van der Waals surface area contributed by atoms with Crippen LogP contribution < -0.4 is 5.32 Å². The Hall–Kier alpha value is -2.03. The fraction of sp³-hybridized carbons (Fsp3) is 0.167. The zero-order chi connectivity index (χ0) is 18.7. The summed E-state index contributed by atoms with van der Waals surface area (Å²) in [6.07, 6.45) is 0. The molecule has 26 heavy (non-hydrogen) atoms. The van der Waals surface area contributed by atoms with Crippen molar-refractivity contribution in [2.75, 3.05) is 11.1 Å². The number of anilines is 1. The van der Waals surface area contributed by atoms with Crippen LogP contribution in [0.2, 0.25) is 0 Å². The molecule has 0 spiro atoms. The summed E-state index contributed by atoms with van der Waals surface area (Å²) in [5.41, 5.74) is 3.69.